The number of nitrogens with zero attached hydrogens (tertiary/aromatic N) is 4. The quantitative estimate of drug-likeness (QED) is 0.735. The fraction of sp³-hybridized carbons (Fsp3) is 0.667. The molecular weight excluding hydrogens is 178 g/mol. The number of nitriles is 1. The zero-order valence-corrected chi connectivity index (χ0v) is 7.93. The molecule has 0 aliphatic heterocycles. The SMILES string of the molecule is N#Cc1cnn(C2CCCC2CN)n1. The van der Waals surface area contributed by atoms with E-state index in [2.05, 4.69) is 10.2 Å². The lowest BCUT2D eigenvalue weighted by Crippen LogP contribution is -2.23. The Kier molecular flexibility index (Phi) is 2.46. The van der Waals surface area contributed by atoms with Crippen molar-refractivity contribution in [1.29, 1.82) is 5.26 Å². The van der Waals surface area contributed by atoms with Crippen molar-refractivity contribution in [3.63, 3.8) is 0 Å². The Hall–Kier alpha value is -1.41. The molecule has 2 N–H and O–H groups in total. The maximum atomic E-state index is 8.63. The van der Waals surface area contributed by atoms with Crippen molar-refractivity contribution in [2.24, 2.45) is 11.7 Å². The molecule has 14 heavy (non-hydrogen) atoms. The monoisotopic (exact) mass is 191 g/mol. The minimum atomic E-state index is 0.294. The summed E-state index contributed by atoms with van der Waals surface area (Å²) in [5.41, 5.74) is 6.05. The van der Waals surface area contributed by atoms with Crippen LogP contribution in [0.2, 0.25) is 0 Å². The van der Waals surface area contributed by atoms with Gasteiger partial charge in [0.15, 0.2) is 5.69 Å². The highest BCUT2D eigenvalue weighted by molar-refractivity contribution is 5.12. The van der Waals surface area contributed by atoms with Gasteiger partial charge in [-0.2, -0.15) is 15.2 Å². The highest BCUT2D eigenvalue weighted by Gasteiger charge is 2.29. The van der Waals surface area contributed by atoms with E-state index in [4.69, 9.17) is 11.0 Å². The molecule has 2 unspecified atom stereocenters. The number of hydrogen-bond acceptors (Lipinski definition) is 4. The number of hydrogen-bond donors (Lipinski definition) is 1. The van der Waals surface area contributed by atoms with Gasteiger partial charge in [0.05, 0.1) is 12.2 Å². The van der Waals surface area contributed by atoms with Gasteiger partial charge in [-0.3, -0.25) is 0 Å². The van der Waals surface area contributed by atoms with Gasteiger partial charge in [0.2, 0.25) is 0 Å². The van der Waals surface area contributed by atoms with Crippen LogP contribution in [0.15, 0.2) is 6.20 Å². The fourth-order valence-corrected chi connectivity index (χ4v) is 2.08. The van der Waals surface area contributed by atoms with Crippen LogP contribution in [0.25, 0.3) is 0 Å². The van der Waals surface area contributed by atoms with E-state index >= 15 is 0 Å². The maximum Gasteiger partial charge on any atom is 0.182 e. The molecule has 0 bridgehead atoms. The van der Waals surface area contributed by atoms with E-state index in [1.807, 2.05) is 6.07 Å². The van der Waals surface area contributed by atoms with Gasteiger partial charge < -0.3 is 5.73 Å². The molecule has 1 fully saturated rings. The fourth-order valence-electron chi connectivity index (χ4n) is 2.08. The molecule has 5 heteroatoms. The van der Waals surface area contributed by atoms with Gasteiger partial charge in [-0.15, -0.1) is 5.10 Å². The first-order valence-electron chi connectivity index (χ1n) is 4.87. The van der Waals surface area contributed by atoms with E-state index in [1.165, 1.54) is 12.6 Å². The molecule has 5 nitrogen and oxygen atoms in total. The van der Waals surface area contributed by atoms with Gasteiger partial charge in [-0.25, -0.2) is 0 Å². The van der Waals surface area contributed by atoms with Crippen LogP contribution in [0, 0.1) is 17.2 Å². The lowest BCUT2D eigenvalue weighted by molar-refractivity contribution is 0.324. The summed E-state index contributed by atoms with van der Waals surface area (Å²) in [5, 5.41) is 16.8. The van der Waals surface area contributed by atoms with Crippen LogP contribution in [0.1, 0.15) is 31.0 Å². The van der Waals surface area contributed by atoms with Crippen molar-refractivity contribution >= 4 is 0 Å². The summed E-state index contributed by atoms with van der Waals surface area (Å²) < 4.78 is 0. The molecule has 2 atom stereocenters. The summed E-state index contributed by atoms with van der Waals surface area (Å²) in [6, 6.07) is 2.27. The molecule has 74 valence electrons. The van der Waals surface area contributed by atoms with Gasteiger partial charge in [0.25, 0.3) is 0 Å². The Morgan fingerprint density at radius 1 is 1.64 bits per heavy atom. The molecule has 0 radical (unpaired) electrons. The van der Waals surface area contributed by atoms with Gasteiger partial charge in [0, 0.05) is 0 Å². The highest BCUT2D eigenvalue weighted by atomic mass is 15.5. The molecule has 1 aliphatic carbocycles. The zero-order chi connectivity index (χ0) is 9.97. The summed E-state index contributed by atoms with van der Waals surface area (Å²) in [6.07, 6.45) is 4.90. The average Bonchev–Trinajstić information content (AvgIpc) is 2.85. The predicted molar refractivity (Wildman–Crippen MR) is 50.2 cm³/mol. The topological polar surface area (TPSA) is 80.5 Å². The second kappa shape index (κ2) is 3.76. The van der Waals surface area contributed by atoms with E-state index in [-0.39, 0.29) is 0 Å². The summed E-state index contributed by atoms with van der Waals surface area (Å²) in [6.45, 7) is 0.675. The maximum absolute atomic E-state index is 8.63. The summed E-state index contributed by atoms with van der Waals surface area (Å²) >= 11 is 0. The molecule has 0 amide bonds. The molecule has 1 aromatic rings. The average molecular weight is 191 g/mol. The molecule has 0 spiro atoms. The Bertz CT molecular complexity index is 350. The van der Waals surface area contributed by atoms with Gasteiger partial charge in [-0.1, -0.05) is 6.42 Å². The smallest absolute Gasteiger partial charge is 0.182 e. The van der Waals surface area contributed by atoms with E-state index in [0.717, 1.165) is 12.8 Å². The standard InChI is InChI=1S/C9H13N5/c10-4-7-2-1-3-9(7)14-12-6-8(5-11)13-14/h6-7,9H,1-4,10H2. The molecule has 1 aliphatic rings. The summed E-state index contributed by atoms with van der Waals surface area (Å²) in [7, 11) is 0. The molecule has 2 rings (SSSR count). The van der Waals surface area contributed by atoms with Crippen LogP contribution in [-0.4, -0.2) is 21.5 Å². The van der Waals surface area contributed by atoms with Gasteiger partial charge in [0.1, 0.15) is 6.07 Å². The minimum Gasteiger partial charge on any atom is -0.330 e. The number of aromatic nitrogens is 3. The minimum absolute atomic E-state index is 0.294. The first kappa shape index (κ1) is 9.16. The number of nitrogens with two attached hydrogens (primary N) is 1. The van der Waals surface area contributed by atoms with Crippen LogP contribution in [0.3, 0.4) is 0 Å². The van der Waals surface area contributed by atoms with Crippen molar-refractivity contribution in [1.82, 2.24) is 15.0 Å². The van der Waals surface area contributed by atoms with Crippen molar-refractivity contribution in [2.45, 2.75) is 25.3 Å². The normalized spacial score (nSPS) is 26.3. The largest absolute Gasteiger partial charge is 0.330 e. The van der Waals surface area contributed by atoms with Crippen LogP contribution in [0.4, 0.5) is 0 Å². The lowest BCUT2D eigenvalue weighted by Gasteiger charge is -2.16. The van der Waals surface area contributed by atoms with Crippen molar-refractivity contribution in [3.05, 3.63) is 11.9 Å². The molecule has 1 heterocycles. The molecule has 0 saturated heterocycles. The first-order valence-corrected chi connectivity index (χ1v) is 4.87. The second-order valence-corrected chi connectivity index (χ2v) is 3.66. The van der Waals surface area contributed by atoms with Gasteiger partial charge >= 0.3 is 0 Å². The summed E-state index contributed by atoms with van der Waals surface area (Å²) in [4.78, 5) is 1.66. The molecule has 0 aromatic carbocycles. The Labute approximate surface area is 82.5 Å². The molecule has 1 saturated carbocycles. The lowest BCUT2D eigenvalue weighted by atomic mass is 10.1. The highest BCUT2D eigenvalue weighted by Crippen LogP contribution is 2.33. The Morgan fingerprint density at radius 3 is 3.14 bits per heavy atom. The molecular formula is C9H13N5. The third-order valence-corrected chi connectivity index (χ3v) is 2.84. The van der Waals surface area contributed by atoms with Crippen LogP contribution in [-0.2, 0) is 0 Å². The molecule has 1 aromatic heterocycles. The van der Waals surface area contributed by atoms with Crippen LogP contribution >= 0.6 is 0 Å². The summed E-state index contributed by atoms with van der Waals surface area (Å²) in [5.74, 6) is 0.467. The van der Waals surface area contributed by atoms with E-state index in [0.29, 0.717) is 24.2 Å². The number of rotatable bonds is 2. The zero-order valence-electron chi connectivity index (χ0n) is 7.93. The van der Waals surface area contributed by atoms with Crippen LogP contribution in [0.5, 0.6) is 0 Å². The third kappa shape index (κ3) is 1.49. The van der Waals surface area contributed by atoms with E-state index < -0.39 is 0 Å². The van der Waals surface area contributed by atoms with Crippen LogP contribution < -0.4 is 5.73 Å². The Balaban J connectivity index is 2.18. The van der Waals surface area contributed by atoms with Crippen molar-refractivity contribution in [3.8, 4) is 6.07 Å². The van der Waals surface area contributed by atoms with Crippen molar-refractivity contribution in [2.75, 3.05) is 6.54 Å². The third-order valence-electron chi connectivity index (χ3n) is 2.84. The Morgan fingerprint density at radius 2 is 2.50 bits per heavy atom. The van der Waals surface area contributed by atoms with E-state index in [1.54, 1.807) is 4.80 Å². The van der Waals surface area contributed by atoms with Crippen molar-refractivity contribution < 1.29 is 0 Å². The second-order valence-electron chi connectivity index (χ2n) is 3.66. The van der Waals surface area contributed by atoms with Gasteiger partial charge in [-0.05, 0) is 25.3 Å². The predicted octanol–water partition coefficient (Wildman–Crippen LogP) is 0.450. The first-order chi connectivity index (χ1) is 6.85. The van der Waals surface area contributed by atoms with E-state index in [9.17, 15) is 0 Å².